The molecule has 2 heterocycles. The van der Waals surface area contributed by atoms with E-state index in [0.29, 0.717) is 28.6 Å². The van der Waals surface area contributed by atoms with E-state index in [4.69, 9.17) is 21.1 Å². The first-order chi connectivity index (χ1) is 13.8. The maximum Gasteiger partial charge on any atom is 0.294 e. The molecule has 29 heavy (non-hydrogen) atoms. The average Bonchev–Trinajstić information content (AvgIpc) is 2.96. The SMILES string of the molecule is COc1cc(OC)c(/C=C2\SC(=O)N(CC(=O)N3CCCC[C@H]3C)C2=O)cc1Cl. The van der Waals surface area contributed by atoms with Crippen LogP contribution in [0.4, 0.5) is 4.79 Å². The zero-order chi connectivity index (χ0) is 21.1. The number of piperidine rings is 1. The van der Waals surface area contributed by atoms with Crippen molar-refractivity contribution in [3.05, 3.63) is 27.6 Å². The van der Waals surface area contributed by atoms with Crippen molar-refractivity contribution in [2.45, 2.75) is 32.2 Å². The molecule has 9 heteroatoms. The van der Waals surface area contributed by atoms with Crippen LogP contribution in [0.15, 0.2) is 17.0 Å². The van der Waals surface area contributed by atoms with E-state index in [1.165, 1.54) is 14.2 Å². The van der Waals surface area contributed by atoms with Crippen molar-refractivity contribution in [3.8, 4) is 11.5 Å². The molecule has 0 aromatic heterocycles. The molecule has 3 rings (SSSR count). The summed E-state index contributed by atoms with van der Waals surface area (Å²) < 4.78 is 10.5. The van der Waals surface area contributed by atoms with Gasteiger partial charge in [-0.1, -0.05) is 11.6 Å². The quantitative estimate of drug-likeness (QED) is 0.651. The summed E-state index contributed by atoms with van der Waals surface area (Å²) >= 11 is 6.98. The second kappa shape index (κ2) is 9.09. The Kier molecular flexibility index (Phi) is 6.74. The van der Waals surface area contributed by atoms with Gasteiger partial charge in [-0.2, -0.15) is 0 Å². The summed E-state index contributed by atoms with van der Waals surface area (Å²) in [6, 6.07) is 3.34. The van der Waals surface area contributed by atoms with Crippen LogP contribution in [0.2, 0.25) is 5.02 Å². The van der Waals surface area contributed by atoms with Crippen molar-refractivity contribution in [1.82, 2.24) is 9.80 Å². The molecule has 0 radical (unpaired) electrons. The largest absolute Gasteiger partial charge is 0.496 e. The van der Waals surface area contributed by atoms with Gasteiger partial charge in [-0.15, -0.1) is 0 Å². The summed E-state index contributed by atoms with van der Waals surface area (Å²) in [5, 5.41) is -0.106. The van der Waals surface area contributed by atoms with Gasteiger partial charge in [-0.3, -0.25) is 19.3 Å². The number of rotatable bonds is 5. The number of hydrogen-bond acceptors (Lipinski definition) is 6. The van der Waals surface area contributed by atoms with Gasteiger partial charge in [0.05, 0.1) is 24.1 Å². The van der Waals surface area contributed by atoms with Crippen LogP contribution in [-0.2, 0) is 9.59 Å². The van der Waals surface area contributed by atoms with Crippen molar-refractivity contribution >= 4 is 46.5 Å². The average molecular weight is 439 g/mol. The van der Waals surface area contributed by atoms with Gasteiger partial charge < -0.3 is 14.4 Å². The molecule has 0 bridgehead atoms. The monoisotopic (exact) mass is 438 g/mol. The number of thioether (sulfide) groups is 1. The van der Waals surface area contributed by atoms with Gasteiger partial charge in [0.2, 0.25) is 5.91 Å². The van der Waals surface area contributed by atoms with Gasteiger partial charge in [0.25, 0.3) is 11.1 Å². The molecular weight excluding hydrogens is 416 g/mol. The number of carbonyl (C=O) groups excluding carboxylic acids is 3. The second-order valence-corrected chi connectivity index (χ2v) is 8.33. The van der Waals surface area contributed by atoms with Crippen LogP contribution < -0.4 is 9.47 Å². The van der Waals surface area contributed by atoms with Gasteiger partial charge in [-0.25, -0.2) is 0 Å². The van der Waals surface area contributed by atoms with E-state index < -0.39 is 11.1 Å². The molecule has 2 saturated heterocycles. The summed E-state index contributed by atoms with van der Waals surface area (Å²) in [7, 11) is 2.98. The molecule has 1 aromatic rings. The number of amides is 3. The van der Waals surface area contributed by atoms with Crippen LogP contribution in [0.25, 0.3) is 6.08 Å². The van der Waals surface area contributed by atoms with Crippen LogP contribution in [0.3, 0.4) is 0 Å². The first-order valence-corrected chi connectivity index (χ1v) is 10.5. The number of halogens is 1. The predicted molar refractivity (Wildman–Crippen MR) is 112 cm³/mol. The Labute approximate surface area is 178 Å². The van der Waals surface area contributed by atoms with Crippen LogP contribution in [-0.4, -0.2) is 60.2 Å². The zero-order valence-corrected chi connectivity index (χ0v) is 18.1. The highest BCUT2D eigenvalue weighted by Crippen LogP contribution is 2.37. The van der Waals surface area contributed by atoms with Gasteiger partial charge in [0.15, 0.2) is 0 Å². The second-order valence-electron chi connectivity index (χ2n) is 6.93. The summed E-state index contributed by atoms with van der Waals surface area (Å²) in [6.45, 7) is 2.41. The van der Waals surface area contributed by atoms with Crippen molar-refractivity contribution in [1.29, 1.82) is 0 Å². The fourth-order valence-electron chi connectivity index (χ4n) is 3.47. The third kappa shape index (κ3) is 4.53. The minimum absolute atomic E-state index is 0.123. The smallest absolute Gasteiger partial charge is 0.294 e. The summed E-state index contributed by atoms with van der Waals surface area (Å²) in [4.78, 5) is 40.8. The molecule has 156 valence electrons. The number of likely N-dealkylation sites (tertiary alicyclic amines) is 1. The fraction of sp³-hybridized carbons (Fsp3) is 0.450. The topological polar surface area (TPSA) is 76.2 Å². The Balaban J connectivity index is 1.80. The molecule has 0 spiro atoms. The van der Waals surface area contributed by atoms with Gasteiger partial charge in [0.1, 0.15) is 18.0 Å². The van der Waals surface area contributed by atoms with Crippen LogP contribution in [0.1, 0.15) is 31.7 Å². The standard InChI is InChI=1S/C20H23ClN2O5S/c1-12-6-4-5-7-22(12)18(24)11-23-19(25)17(29-20(23)26)9-13-8-14(21)16(28-3)10-15(13)27-2/h8-10,12H,4-7,11H2,1-3H3/b17-9-/t12-/m1/s1. The highest BCUT2D eigenvalue weighted by Gasteiger charge is 2.38. The lowest BCUT2D eigenvalue weighted by molar-refractivity contribution is -0.138. The first-order valence-electron chi connectivity index (χ1n) is 9.32. The molecule has 2 aliphatic rings. The number of methoxy groups -OCH3 is 2. The van der Waals surface area contributed by atoms with E-state index in [1.54, 1.807) is 23.1 Å². The molecule has 0 saturated carbocycles. The van der Waals surface area contributed by atoms with Crippen molar-refractivity contribution in [2.75, 3.05) is 27.3 Å². The molecule has 2 fully saturated rings. The molecule has 7 nitrogen and oxygen atoms in total. The van der Waals surface area contributed by atoms with Gasteiger partial charge in [-0.05, 0) is 50.1 Å². The minimum Gasteiger partial charge on any atom is -0.496 e. The predicted octanol–water partition coefficient (Wildman–Crippen LogP) is 3.79. The molecule has 2 aliphatic heterocycles. The third-order valence-electron chi connectivity index (χ3n) is 5.08. The van der Waals surface area contributed by atoms with Gasteiger partial charge >= 0.3 is 0 Å². The van der Waals surface area contributed by atoms with Crippen molar-refractivity contribution < 1.29 is 23.9 Å². The Morgan fingerprint density at radius 2 is 1.97 bits per heavy atom. The molecule has 1 atom stereocenters. The Morgan fingerprint density at radius 1 is 1.24 bits per heavy atom. The number of hydrogen-bond donors (Lipinski definition) is 0. The van der Waals surface area contributed by atoms with Crippen molar-refractivity contribution in [2.24, 2.45) is 0 Å². The number of nitrogens with zero attached hydrogens (tertiary/aromatic N) is 2. The lowest BCUT2D eigenvalue weighted by Gasteiger charge is -2.34. The fourth-order valence-corrected chi connectivity index (χ4v) is 4.55. The molecule has 0 unspecified atom stereocenters. The number of carbonyl (C=O) groups is 3. The number of ether oxygens (including phenoxy) is 2. The van der Waals surface area contributed by atoms with E-state index >= 15 is 0 Å². The van der Waals surface area contributed by atoms with E-state index in [0.717, 1.165) is 35.9 Å². The molecule has 0 aliphatic carbocycles. The first kappa shape index (κ1) is 21.5. The lowest BCUT2D eigenvalue weighted by atomic mass is 10.0. The highest BCUT2D eigenvalue weighted by molar-refractivity contribution is 8.18. The van der Waals surface area contributed by atoms with E-state index in [-0.39, 0.29) is 23.4 Å². The molecule has 3 amide bonds. The summed E-state index contributed by atoms with van der Waals surface area (Å²) in [6.07, 6.45) is 4.51. The van der Waals surface area contributed by atoms with Crippen LogP contribution >= 0.6 is 23.4 Å². The molecular formula is C20H23ClN2O5S. The van der Waals surface area contributed by atoms with E-state index in [1.807, 2.05) is 6.92 Å². The maximum absolute atomic E-state index is 12.8. The Morgan fingerprint density at radius 3 is 2.62 bits per heavy atom. The lowest BCUT2D eigenvalue weighted by Crippen LogP contribution is -2.47. The summed E-state index contributed by atoms with van der Waals surface area (Å²) in [5.74, 6) is 0.198. The molecule has 1 aromatic carbocycles. The summed E-state index contributed by atoms with van der Waals surface area (Å²) in [5.41, 5.74) is 0.541. The minimum atomic E-state index is -0.494. The van der Waals surface area contributed by atoms with Gasteiger partial charge in [0, 0.05) is 24.2 Å². The number of imide groups is 1. The van der Waals surface area contributed by atoms with Crippen LogP contribution in [0.5, 0.6) is 11.5 Å². The van der Waals surface area contributed by atoms with E-state index in [9.17, 15) is 14.4 Å². The third-order valence-corrected chi connectivity index (χ3v) is 6.28. The molecule has 0 N–H and O–H groups in total. The Hall–Kier alpha value is -2.19. The highest BCUT2D eigenvalue weighted by atomic mass is 35.5. The van der Waals surface area contributed by atoms with Crippen LogP contribution in [0, 0.1) is 0 Å². The normalized spacial score (nSPS) is 21.1. The zero-order valence-electron chi connectivity index (χ0n) is 16.6. The number of benzene rings is 1. The van der Waals surface area contributed by atoms with E-state index in [2.05, 4.69) is 0 Å². The Bertz CT molecular complexity index is 873. The van der Waals surface area contributed by atoms with Crippen molar-refractivity contribution in [3.63, 3.8) is 0 Å². The maximum atomic E-state index is 12.8.